The summed E-state index contributed by atoms with van der Waals surface area (Å²) in [6.45, 7) is 5.35. The van der Waals surface area contributed by atoms with Crippen molar-refractivity contribution >= 4 is 15.9 Å². The third-order valence-electron chi connectivity index (χ3n) is 2.73. The summed E-state index contributed by atoms with van der Waals surface area (Å²) in [6, 6.07) is 10.3. The molecule has 0 heterocycles. The number of alkyl halides is 1. The molecule has 0 saturated carbocycles. The van der Waals surface area contributed by atoms with E-state index >= 15 is 0 Å². The first kappa shape index (κ1) is 14.5. The van der Waals surface area contributed by atoms with Gasteiger partial charge in [0, 0.05) is 11.9 Å². The summed E-state index contributed by atoms with van der Waals surface area (Å²) in [5.74, 6) is 0.702. The lowest BCUT2D eigenvalue weighted by Crippen LogP contribution is -2.03. The summed E-state index contributed by atoms with van der Waals surface area (Å²) in [5.41, 5.74) is 1.25. The number of ether oxygens (including phenoxy) is 1. The van der Waals surface area contributed by atoms with Gasteiger partial charge in [0.25, 0.3) is 0 Å². The Hall–Kier alpha value is -0.600. The van der Waals surface area contributed by atoms with Gasteiger partial charge < -0.3 is 4.74 Å². The second-order valence-corrected chi connectivity index (χ2v) is 4.87. The number of halogens is 1. The Labute approximate surface area is 113 Å². The van der Waals surface area contributed by atoms with Gasteiger partial charge >= 0.3 is 0 Å². The van der Waals surface area contributed by atoms with Crippen molar-refractivity contribution < 1.29 is 4.74 Å². The molecule has 0 aromatic heterocycles. The van der Waals surface area contributed by atoms with Gasteiger partial charge in [-0.15, -0.1) is 6.58 Å². The van der Waals surface area contributed by atoms with E-state index in [0.29, 0.717) is 5.92 Å². The first-order chi connectivity index (χ1) is 8.36. The molecule has 1 aromatic carbocycles. The van der Waals surface area contributed by atoms with Crippen LogP contribution in [-0.4, -0.2) is 11.9 Å². The molecule has 0 fully saturated rings. The molecule has 0 aliphatic carbocycles. The molecule has 0 aliphatic rings. The summed E-state index contributed by atoms with van der Waals surface area (Å²) < 4.78 is 5.65. The molecule has 0 saturated heterocycles. The monoisotopic (exact) mass is 296 g/mol. The molecule has 2 heteroatoms. The minimum atomic E-state index is 0.702. The van der Waals surface area contributed by atoms with Crippen LogP contribution in [0.15, 0.2) is 43.0 Å². The molecule has 0 amide bonds. The van der Waals surface area contributed by atoms with Gasteiger partial charge in [-0.05, 0) is 30.7 Å². The third kappa shape index (κ3) is 6.64. The second kappa shape index (κ2) is 9.43. The maximum atomic E-state index is 5.65. The van der Waals surface area contributed by atoms with Crippen LogP contribution in [0.5, 0.6) is 0 Å². The van der Waals surface area contributed by atoms with Gasteiger partial charge in [0.15, 0.2) is 0 Å². The highest BCUT2D eigenvalue weighted by atomic mass is 79.9. The summed E-state index contributed by atoms with van der Waals surface area (Å²) in [4.78, 5) is 0. The number of benzene rings is 1. The van der Waals surface area contributed by atoms with Gasteiger partial charge in [0.2, 0.25) is 0 Å². The van der Waals surface area contributed by atoms with Gasteiger partial charge in [-0.2, -0.15) is 0 Å². The van der Waals surface area contributed by atoms with Crippen LogP contribution in [0.3, 0.4) is 0 Å². The van der Waals surface area contributed by atoms with E-state index in [-0.39, 0.29) is 0 Å². The highest BCUT2D eigenvalue weighted by molar-refractivity contribution is 9.09. The van der Waals surface area contributed by atoms with E-state index in [1.165, 1.54) is 12.0 Å². The standard InChI is InChI=1S/C15H21BrO/c1-2-7-14(12-16)10-6-11-17-13-15-8-4-3-5-9-15/h2-5,8-9,14H,1,6-7,10-13H2. The fraction of sp³-hybridized carbons (Fsp3) is 0.467. The maximum absolute atomic E-state index is 5.65. The summed E-state index contributed by atoms with van der Waals surface area (Å²) >= 11 is 3.53. The Morgan fingerprint density at radius 3 is 2.71 bits per heavy atom. The molecule has 1 unspecified atom stereocenters. The van der Waals surface area contributed by atoms with Crippen molar-refractivity contribution in [1.29, 1.82) is 0 Å². The molecule has 0 spiro atoms. The van der Waals surface area contributed by atoms with E-state index in [0.717, 1.165) is 31.4 Å². The zero-order valence-corrected chi connectivity index (χ0v) is 11.9. The van der Waals surface area contributed by atoms with Crippen LogP contribution >= 0.6 is 15.9 Å². The van der Waals surface area contributed by atoms with E-state index in [9.17, 15) is 0 Å². The van der Waals surface area contributed by atoms with E-state index in [4.69, 9.17) is 4.74 Å². The molecule has 17 heavy (non-hydrogen) atoms. The highest BCUT2D eigenvalue weighted by Crippen LogP contribution is 2.14. The Bertz CT molecular complexity index is 297. The zero-order chi connectivity index (χ0) is 12.3. The molecular formula is C15H21BrO. The van der Waals surface area contributed by atoms with Gasteiger partial charge in [-0.3, -0.25) is 0 Å². The van der Waals surface area contributed by atoms with Crippen molar-refractivity contribution in [1.82, 2.24) is 0 Å². The number of hydrogen-bond donors (Lipinski definition) is 0. The smallest absolute Gasteiger partial charge is 0.0716 e. The van der Waals surface area contributed by atoms with Gasteiger partial charge in [0.1, 0.15) is 0 Å². The molecule has 0 bridgehead atoms. The second-order valence-electron chi connectivity index (χ2n) is 4.23. The van der Waals surface area contributed by atoms with Gasteiger partial charge in [-0.25, -0.2) is 0 Å². The van der Waals surface area contributed by atoms with Crippen molar-refractivity contribution in [3.8, 4) is 0 Å². The fourth-order valence-corrected chi connectivity index (χ4v) is 2.32. The summed E-state index contributed by atoms with van der Waals surface area (Å²) in [6.07, 6.45) is 5.41. The summed E-state index contributed by atoms with van der Waals surface area (Å²) in [7, 11) is 0. The molecule has 1 atom stereocenters. The van der Waals surface area contributed by atoms with Gasteiger partial charge in [-0.1, -0.05) is 52.3 Å². The predicted molar refractivity (Wildman–Crippen MR) is 77.4 cm³/mol. The quantitative estimate of drug-likeness (QED) is 0.368. The average Bonchev–Trinajstić information content (AvgIpc) is 2.38. The average molecular weight is 297 g/mol. The van der Waals surface area contributed by atoms with Gasteiger partial charge in [0.05, 0.1) is 6.61 Å². The Morgan fingerprint density at radius 1 is 1.29 bits per heavy atom. The molecule has 1 nitrogen and oxygen atoms in total. The molecule has 0 aliphatic heterocycles. The fourth-order valence-electron chi connectivity index (χ4n) is 1.73. The molecule has 1 aromatic rings. The van der Waals surface area contributed by atoms with Crippen molar-refractivity contribution in [2.24, 2.45) is 5.92 Å². The third-order valence-corrected chi connectivity index (χ3v) is 3.65. The lowest BCUT2D eigenvalue weighted by molar-refractivity contribution is 0.114. The van der Waals surface area contributed by atoms with E-state index in [1.54, 1.807) is 0 Å². The molecule has 94 valence electrons. The molecule has 1 rings (SSSR count). The minimum absolute atomic E-state index is 0.702. The van der Waals surface area contributed by atoms with Crippen LogP contribution in [-0.2, 0) is 11.3 Å². The van der Waals surface area contributed by atoms with E-state index in [2.05, 4.69) is 34.6 Å². The Balaban J connectivity index is 2.06. The van der Waals surface area contributed by atoms with Crippen LogP contribution in [0.4, 0.5) is 0 Å². The first-order valence-corrected chi connectivity index (χ1v) is 7.27. The first-order valence-electron chi connectivity index (χ1n) is 6.15. The SMILES string of the molecule is C=CCC(CBr)CCCOCc1ccccc1. The number of rotatable bonds is 9. The van der Waals surface area contributed by atoms with Crippen LogP contribution < -0.4 is 0 Å². The molecule has 0 radical (unpaired) electrons. The Kier molecular flexibility index (Phi) is 8.02. The highest BCUT2D eigenvalue weighted by Gasteiger charge is 2.04. The minimum Gasteiger partial charge on any atom is -0.377 e. The van der Waals surface area contributed by atoms with Crippen molar-refractivity contribution in [3.05, 3.63) is 48.6 Å². The summed E-state index contributed by atoms with van der Waals surface area (Å²) in [5, 5.41) is 1.05. The van der Waals surface area contributed by atoms with Crippen LogP contribution in [0.2, 0.25) is 0 Å². The normalized spacial score (nSPS) is 12.3. The lowest BCUT2D eigenvalue weighted by atomic mass is 10.0. The van der Waals surface area contributed by atoms with Crippen molar-refractivity contribution in [2.45, 2.75) is 25.9 Å². The molecule has 0 N–H and O–H groups in total. The number of hydrogen-bond acceptors (Lipinski definition) is 1. The van der Waals surface area contributed by atoms with Crippen LogP contribution in [0.25, 0.3) is 0 Å². The van der Waals surface area contributed by atoms with E-state index in [1.807, 2.05) is 24.3 Å². The topological polar surface area (TPSA) is 9.23 Å². The van der Waals surface area contributed by atoms with Crippen molar-refractivity contribution in [3.63, 3.8) is 0 Å². The van der Waals surface area contributed by atoms with E-state index < -0.39 is 0 Å². The largest absolute Gasteiger partial charge is 0.377 e. The molecular weight excluding hydrogens is 276 g/mol. The number of allylic oxidation sites excluding steroid dienone is 1. The Morgan fingerprint density at radius 2 is 2.06 bits per heavy atom. The zero-order valence-electron chi connectivity index (χ0n) is 10.3. The lowest BCUT2D eigenvalue weighted by Gasteiger charge is -2.11. The maximum Gasteiger partial charge on any atom is 0.0716 e. The predicted octanol–water partition coefficient (Wildman–Crippen LogP) is 4.57. The van der Waals surface area contributed by atoms with Crippen LogP contribution in [0.1, 0.15) is 24.8 Å². The van der Waals surface area contributed by atoms with Crippen LogP contribution in [0, 0.1) is 5.92 Å². The van der Waals surface area contributed by atoms with Crippen molar-refractivity contribution in [2.75, 3.05) is 11.9 Å².